The number of hydrogen-bond donors (Lipinski definition) is 1. The number of carbonyl (C=O) groups is 2. The third-order valence-electron chi connectivity index (χ3n) is 8.64. The SMILES string of the molecule is CCOc1ccc(N(CC(=O)N(Cc2ccccc2Cl)C(Cc2ccccc2)C(=O)NC2CCCCC2)S(=O)(=O)c2ccc(Br)cc2)cc1. The van der Waals surface area contributed by atoms with Gasteiger partial charge in [-0.3, -0.25) is 13.9 Å². The Bertz CT molecular complexity index is 1800. The third kappa shape index (κ3) is 9.65. The summed E-state index contributed by atoms with van der Waals surface area (Å²) in [5.41, 5.74) is 1.79. The van der Waals surface area contributed by atoms with Crippen LogP contribution in [0, 0.1) is 0 Å². The summed E-state index contributed by atoms with van der Waals surface area (Å²) in [6.07, 6.45) is 5.17. The number of carbonyl (C=O) groups excluding carboxylic acids is 2. The summed E-state index contributed by atoms with van der Waals surface area (Å²) in [5, 5.41) is 3.67. The highest BCUT2D eigenvalue weighted by Crippen LogP contribution is 2.29. The zero-order chi connectivity index (χ0) is 34.8. The zero-order valence-corrected chi connectivity index (χ0v) is 30.6. The number of anilines is 1. The van der Waals surface area contributed by atoms with Crippen LogP contribution >= 0.6 is 27.5 Å². The molecule has 0 saturated heterocycles. The Labute approximate surface area is 302 Å². The minimum atomic E-state index is -4.24. The maximum Gasteiger partial charge on any atom is 0.264 e. The molecule has 1 unspecified atom stereocenters. The molecule has 1 N–H and O–H groups in total. The Morgan fingerprint density at radius 2 is 1.55 bits per heavy atom. The minimum absolute atomic E-state index is 0.00351. The van der Waals surface area contributed by atoms with Crippen LogP contribution in [0.3, 0.4) is 0 Å². The highest BCUT2D eigenvalue weighted by molar-refractivity contribution is 9.10. The lowest BCUT2D eigenvalue weighted by Crippen LogP contribution is -2.55. The van der Waals surface area contributed by atoms with E-state index in [4.69, 9.17) is 16.3 Å². The van der Waals surface area contributed by atoms with Crippen LogP contribution < -0.4 is 14.4 Å². The van der Waals surface area contributed by atoms with Crippen molar-refractivity contribution >= 4 is 55.1 Å². The lowest BCUT2D eigenvalue weighted by molar-refractivity contribution is -0.140. The molecule has 5 rings (SSSR count). The molecule has 4 aromatic carbocycles. The average molecular weight is 767 g/mol. The number of sulfonamides is 1. The molecule has 8 nitrogen and oxygen atoms in total. The topological polar surface area (TPSA) is 96.0 Å². The van der Waals surface area contributed by atoms with Gasteiger partial charge in [-0.2, -0.15) is 0 Å². The second-order valence-corrected chi connectivity index (χ2v) is 15.2. The van der Waals surface area contributed by atoms with E-state index in [0.29, 0.717) is 27.4 Å². The number of benzene rings is 4. The molecule has 49 heavy (non-hydrogen) atoms. The van der Waals surface area contributed by atoms with Gasteiger partial charge in [0, 0.05) is 28.5 Å². The zero-order valence-electron chi connectivity index (χ0n) is 27.4. The number of amides is 2. The maximum absolute atomic E-state index is 14.7. The summed E-state index contributed by atoms with van der Waals surface area (Å²) in [5.74, 6) is -0.255. The van der Waals surface area contributed by atoms with Crippen LogP contribution in [0.2, 0.25) is 5.02 Å². The summed E-state index contributed by atoms with van der Waals surface area (Å²) in [6, 6.07) is 28.6. The van der Waals surface area contributed by atoms with Crippen molar-refractivity contribution < 1.29 is 22.7 Å². The minimum Gasteiger partial charge on any atom is -0.494 e. The Kier molecular flexibility index (Phi) is 12.8. The standard InChI is InChI=1S/C38H41BrClN3O5S/c1-2-48-33-21-19-32(20-22-33)43(49(46,47)34-23-17-30(39)18-24-34)27-37(44)42(26-29-13-9-10-16-35(29)40)36(25-28-11-5-3-6-12-28)38(45)41-31-14-7-4-8-15-31/h3,5-6,9-13,16-24,31,36H,2,4,7-8,14-15,25-27H2,1H3,(H,41,45). The molecule has 0 bridgehead atoms. The van der Waals surface area contributed by atoms with Crippen LogP contribution in [0.4, 0.5) is 5.69 Å². The summed E-state index contributed by atoms with van der Waals surface area (Å²) in [6.45, 7) is 1.75. The van der Waals surface area contributed by atoms with E-state index in [1.165, 1.54) is 17.0 Å². The van der Waals surface area contributed by atoms with E-state index in [-0.39, 0.29) is 35.5 Å². The van der Waals surface area contributed by atoms with E-state index in [9.17, 15) is 18.0 Å². The van der Waals surface area contributed by atoms with Crippen LogP contribution in [-0.2, 0) is 32.6 Å². The second-order valence-electron chi connectivity index (χ2n) is 12.1. The molecule has 0 aromatic heterocycles. The predicted molar refractivity (Wildman–Crippen MR) is 197 cm³/mol. The van der Waals surface area contributed by atoms with Gasteiger partial charge in [-0.05, 0) is 85.5 Å². The van der Waals surface area contributed by atoms with Gasteiger partial charge in [0.25, 0.3) is 10.0 Å². The fourth-order valence-corrected chi connectivity index (χ4v) is 7.92. The Balaban J connectivity index is 1.57. The average Bonchev–Trinajstić information content (AvgIpc) is 3.11. The van der Waals surface area contributed by atoms with Crippen molar-refractivity contribution in [1.29, 1.82) is 0 Å². The van der Waals surface area contributed by atoms with Gasteiger partial charge >= 0.3 is 0 Å². The molecule has 11 heteroatoms. The van der Waals surface area contributed by atoms with E-state index in [1.807, 2.05) is 49.4 Å². The highest BCUT2D eigenvalue weighted by Gasteiger charge is 2.35. The van der Waals surface area contributed by atoms with Crippen LogP contribution in [0.5, 0.6) is 5.75 Å². The van der Waals surface area contributed by atoms with Gasteiger partial charge in [0.05, 0.1) is 17.2 Å². The summed E-state index contributed by atoms with van der Waals surface area (Å²) in [4.78, 5) is 30.5. The first kappa shape index (κ1) is 36.4. The molecule has 1 aliphatic carbocycles. The fraction of sp³-hybridized carbons (Fsp3) is 0.316. The van der Waals surface area contributed by atoms with Crippen LogP contribution in [-0.4, -0.2) is 50.4 Å². The lowest BCUT2D eigenvalue weighted by atomic mass is 9.94. The van der Waals surface area contributed by atoms with Crippen molar-refractivity contribution in [2.45, 2.75) is 69.0 Å². The second kappa shape index (κ2) is 17.2. The molecule has 1 aliphatic rings. The molecule has 2 amide bonds. The Morgan fingerprint density at radius 1 is 0.898 bits per heavy atom. The fourth-order valence-electron chi connectivity index (χ4n) is 6.05. The maximum atomic E-state index is 14.7. The molecule has 0 spiro atoms. The molecule has 4 aromatic rings. The van der Waals surface area contributed by atoms with E-state index < -0.39 is 28.5 Å². The van der Waals surface area contributed by atoms with Crippen LogP contribution in [0.1, 0.15) is 50.2 Å². The highest BCUT2D eigenvalue weighted by atomic mass is 79.9. The number of nitrogens with zero attached hydrogens (tertiary/aromatic N) is 2. The first-order chi connectivity index (χ1) is 23.7. The Morgan fingerprint density at radius 3 is 2.20 bits per heavy atom. The van der Waals surface area contributed by atoms with E-state index >= 15 is 0 Å². The molecule has 0 radical (unpaired) electrons. The van der Waals surface area contributed by atoms with Crippen molar-refractivity contribution in [3.05, 3.63) is 124 Å². The summed E-state index contributed by atoms with van der Waals surface area (Å²) >= 11 is 9.99. The van der Waals surface area contributed by atoms with Gasteiger partial charge in [0.1, 0.15) is 18.3 Å². The quantitative estimate of drug-likeness (QED) is 0.142. The largest absolute Gasteiger partial charge is 0.494 e. The van der Waals surface area contributed by atoms with Gasteiger partial charge in [0.15, 0.2) is 0 Å². The molecule has 1 fully saturated rings. The monoisotopic (exact) mass is 765 g/mol. The van der Waals surface area contributed by atoms with Gasteiger partial charge in [-0.15, -0.1) is 0 Å². The van der Waals surface area contributed by atoms with Crippen molar-refractivity contribution in [3.8, 4) is 5.75 Å². The smallest absolute Gasteiger partial charge is 0.264 e. The van der Waals surface area contributed by atoms with Crippen LogP contribution in [0.15, 0.2) is 112 Å². The molecule has 258 valence electrons. The first-order valence-corrected chi connectivity index (χ1v) is 19.1. The van der Waals surface area contributed by atoms with E-state index in [0.717, 1.165) is 42.0 Å². The molecule has 1 saturated carbocycles. The molecular weight excluding hydrogens is 726 g/mol. The van der Waals surface area contributed by atoms with Gasteiger partial charge < -0.3 is 15.0 Å². The van der Waals surface area contributed by atoms with Gasteiger partial charge in [-0.25, -0.2) is 8.42 Å². The number of ether oxygens (including phenoxy) is 1. The summed E-state index contributed by atoms with van der Waals surface area (Å²) in [7, 11) is -4.24. The van der Waals surface area contributed by atoms with Crippen molar-refractivity contribution in [1.82, 2.24) is 10.2 Å². The number of rotatable bonds is 14. The molecule has 0 heterocycles. The molecular formula is C38H41BrClN3O5S. The lowest BCUT2D eigenvalue weighted by Gasteiger charge is -2.35. The van der Waals surface area contributed by atoms with Crippen molar-refractivity contribution in [3.63, 3.8) is 0 Å². The normalized spacial score (nSPS) is 14.1. The van der Waals surface area contributed by atoms with E-state index in [2.05, 4.69) is 21.2 Å². The molecule has 0 aliphatic heterocycles. The van der Waals surface area contributed by atoms with Gasteiger partial charge in [0.2, 0.25) is 11.8 Å². The predicted octanol–water partition coefficient (Wildman–Crippen LogP) is 7.79. The first-order valence-electron chi connectivity index (χ1n) is 16.5. The van der Waals surface area contributed by atoms with Crippen molar-refractivity contribution in [2.24, 2.45) is 0 Å². The Hall–Kier alpha value is -3.86. The van der Waals surface area contributed by atoms with Crippen LogP contribution in [0.25, 0.3) is 0 Å². The number of nitrogens with one attached hydrogen (secondary N) is 1. The number of halogens is 2. The third-order valence-corrected chi connectivity index (χ3v) is 11.3. The number of hydrogen-bond acceptors (Lipinski definition) is 5. The molecule has 1 atom stereocenters. The van der Waals surface area contributed by atoms with Gasteiger partial charge in [-0.1, -0.05) is 95.3 Å². The summed E-state index contributed by atoms with van der Waals surface area (Å²) < 4.78 is 36.0. The van der Waals surface area contributed by atoms with Crippen molar-refractivity contribution in [2.75, 3.05) is 17.5 Å². The van der Waals surface area contributed by atoms with E-state index in [1.54, 1.807) is 48.5 Å².